The van der Waals surface area contributed by atoms with Crippen LogP contribution in [0.5, 0.6) is 0 Å². The minimum atomic E-state index is -3.31. The first kappa shape index (κ1) is 85.4. The number of aliphatic carboxylic acids is 1. The minimum Gasteiger partial charge on any atom is -0.477 e. The third-order valence-electron chi connectivity index (χ3n) is 18.7. The maximum atomic E-state index is 12.6. The summed E-state index contributed by atoms with van der Waals surface area (Å²) in [5.74, 6) is -7.27. The molecule has 8 fully saturated rings. The third kappa shape index (κ3) is 18.3. The second kappa shape index (κ2) is 36.5. The molecular formula is C56H94N2O45. The van der Waals surface area contributed by atoms with Gasteiger partial charge >= 0.3 is 5.97 Å². The van der Waals surface area contributed by atoms with Gasteiger partial charge in [0.25, 0.3) is 5.79 Å². The first-order valence-electron chi connectivity index (χ1n) is 32.4. The molecule has 29 N–H and O–H groups in total. The summed E-state index contributed by atoms with van der Waals surface area (Å²) < 4.78 is 87.3. The van der Waals surface area contributed by atoms with Crippen molar-refractivity contribution in [3.05, 3.63) is 0 Å². The first-order valence-corrected chi connectivity index (χ1v) is 32.4. The number of carbonyl (C=O) groups is 3. The lowest BCUT2D eigenvalue weighted by molar-refractivity contribution is -0.415. The largest absolute Gasteiger partial charge is 0.477 e. The summed E-state index contributed by atoms with van der Waals surface area (Å²) in [6.45, 7) is -7.62. The summed E-state index contributed by atoms with van der Waals surface area (Å²) in [4.78, 5) is 37.3. The van der Waals surface area contributed by atoms with Gasteiger partial charge in [-0.3, -0.25) is 9.59 Å². The van der Waals surface area contributed by atoms with E-state index in [2.05, 4.69) is 10.6 Å². The highest BCUT2D eigenvalue weighted by Crippen LogP contribution is 2.42. The van der Waals surface area contributed by atoms with Crippen LogP contribution < -0.4 is 10.6 Å². The maximum Gasteiger partial charge on any atom is 0.364 e. The van der Waals surface area contributed by atoms with Crippen molar-refractivity contribution in [2.24, 2.45) is 0 Å². The number of hydrogen-bond donors (Lipinski definition) is 29. The van der Waals surface area contributed by atoms with Crippen LogP contribution in [-0.2, 0) is 85.4 Å². The van der Waals surface area contributed by atoms with Crippen LogP contribution in [0.4, 0.5) is 0 Å². The van der Waals surface area contributed by atoms with E-state index in [0.717, 1.165) is 13.8 Å². The average Bonchev–Trinajstić information content (AvgIpc) is 0.760. The fourth-order valence-electron chi connectivity index (χ4n) is 13.1. The van der Waals surface area contributed by atoms with Gasteiger partial charge in [-0.15, -0.1) is 0 Å². The Bertz CT molecular complexity index is 2670. The Kier molecular flexibility index (Phi) is 30.3. The summed E-state index contributed by atoms with van der Waals surface area (Å²) >= 11 is 0. The van der Waals surface area contributed by atoms with E-state index in [9.17, 15) is 152 Å². The van der Waals surface area contributed by atoms with Crippen molar-refractivity contribution in [1.29, 1.82) is 0 Å². The number of ether oxygens (including phenoxy) is 15. The molecule has 2 amide bonds. The lowest BCUT2D eigenvalue weighted by atomic mass is 9.91. The molecule has 8 aliphatic rings. The molecule has 0 radical (unpaired) electrons. The zero-order valence-electron chi connectivity index (χ0n) is 54.5. The van der Waals surface area contributed by atoms with E-state index in [1.54, 1.807) is 0 Å². The van der Waals surface area contributed by atoms with Gasteiger partial charge in [-0.25, -0.2) is 4.79 Å². The predicted octanol–water partition coefficient (Wildman–Crippen LogP) is -19.6. The smallest absolute Gasteiger partial charge is 0.364 e. The van der Waals surface area contributed by atoms with Crippen LogP contribution in [0.25, 0.3) is 0 Å². The highest BCUT2D eigenvalue weighted by Gasteiger charge is 2.62. The van der Waals surface area contributed by atoms with Crippen molar-refractivity contribution in [2.45, 2.75) is 277 Å². The Labute approximate surface area is 580 Å². The van der Waals surface area contributed by atoms with E-state index in [-0.39, 0.29) is 0 Å². The molecule has 8 aliphatic heterocycles. The van der Waals surface area contributed by atoms with Gasteiger partial charge in [0.05, 0.1) is 59.0 Å². The van der Waals surface area contributed by atoms with Crippen molar-refractivity contribution < 1.29 is 223 Å². The van der Waals surface area contributed by atoms with Gasteiger partial charge in [0, 0.05) is 20.3 Å². The molecule has 8 heterocycles. The fraction of sp³-hybridized carbons (Fsp3) is 0.946. The van der Waals surface area contributed by atoms with Crippen molar-refractivity contribution in [3.63, 3.8) is 0 Å². The molecule has 8 rings (SSSR count). The van der Waals surface area contributed by atoms with Crippen molar-refractivity contribution >= 4 is 17.8 Å². The van der Waals surface area contributed by atoms with Crippen molar-refractivity contribution in [2.75, 3.05) is 52.9 Å². The molecule has 598 valence electrons. The first-order chi connectivity index (χ1) is 48.6. The fourth-order valence-corrected chi connectivity index (χ4v) is 13.1. The number of carboxylic acid groups (broad SMARTS) is 1. The second-order valence-corrected chi connectivity index (χ2v) is 25.8. The summed E-state index contributed by atoms with van der Waals surface area (Å²) in [5.41, 5.74) is 0. The number of rotatable bonds is 28. The van der Waals surface area contributed by atoms with E-state index in [1.807, 2.05) is 0 Å². The Hall–Kier alpha value is -3.23. The summed E-state index contributed by atoms with van der Waals surface area (Å²) in [7, 11) is 0. The monoisotopic (exact) mass is 1510 g/mol. The van der Waals surface area contributed by atoms with Crippen LogP contribution in [-0.4, -0.2) is 466 Å². The molecule has 0 bridgehead atoms. The van der Waals surface area contributed by atoms with Gasteiger partial charge < -0.3 is 220 Å². The van der Waals surface area contributed by atoms with Crippen molar-refractivity contribution in [1.82, 2.24) is 10.6 Å². The van der Waals surface area contributed by atoms with Gasteiger partial charge in [-0.1, -0.05) is 0 Å². The highest BCUT2D eigenvalue weighted by atomic mass is 16.8. The minimum absolute atomic E-state index is 0.910. The van der Waals surface area contributed by atoms with Gasteiger partial charge in [0.15, 0.2) is 44.0 Å². The zero-order valence-corrected chi connectivity index (χ0v) is 54.5. The van der Waals surface area contributed by atoms with Crippen LogP contribution in [0.2, 0.25) is 0 Å². The zero-order chi connectivity index (χ0) is 76.3. The molecule has 47 heteroatoms. The Balaban J connectivity index is 1.11. The summed E-state index contributed by atoms with van der Waals surface area (Å²) in [5, 5.41) is 301. The SMILES string of the molecule is CC(=O)N[C@H]1[C@H](O[C@H]2[C@@H](O)[C@@H](CO)O[C@@H](O[C@H]3[C@H](O)[C@@H](O)[C@H](O[C@H]4[C@H](O[C@H]5O[C@H]([C@@H](O)CO)[C@@H](O)[C@H](O)[C@@H]5O[C@H]5O[C@H](CO)[C@@H](O)[C@H](O)[C@H]5NC(C)=O)[C@H](O)[C@@H](O[C@H]5[C@@H]([C@H](O)CO)OC(O)(C(=O)O)C[C@H]5O)O[C@@H]4[C@@H](O)CO)O[C@@H]3CO)[C@@H]2O)O[C@H](CO)[C@@H](O[C@@H]2O[C@H](CO)[C@H](O)[C@H](O)[C@H]2O)[C@@H]1O. The number of amides is 2. The van der Waals surface area contributed by atoms with E-state index >= 15 is 0 Å². The molecule has 103 heavy (non-hydrogen) atoms. The molecule has 0 saturated carbocycles. The molecule has 0 aromatic heterocycles. The third-order valence-corrected chi connectivity index (χ3v) is 18.7. The lowest BCUT2D eigenvalue weighted by Crippen LogP contribution is -2.71. The summed E-state index contributed by atoms with van der Waals surface area (Å²) in [6.07, 6.45) is -87.7. The maximum absolute atomic E-state index is 12.6. The molecule has 0 aliphatic carbocycles. The van der Waals surface area contributed by atoms with Crippen LogP contribution in [0.15, 0.2) is 0 Å². The van der Waals surface area contributed by atoms with E-state index in [4.69, 9.17) is 71.1 Å². The van der Waals surface area contributed by atoms with E-state index in [1.165, 1.54) is 0 Å². The molecule has 0 spiro atoms. The number of aliphatic hydroxyl groups is 26. The Morgan fingerprint density at radius 2 is 0.718 bits per heavy atom. The standard InChI is InChI=1S/C56H94N2O45/c1-12(67)57-23-28(76)25(73)18(7-62)89-48(23)101-46-32(80)31(79)38(15(70)4-59)94-54(46)100-45-37(85)53(95-39-14(69)3-56(88,55(86)87)103-41(39)17(72)6-61)96-40(16(71)5-60)47(45)102-51-35(83)33(81)43(22(11-66)93-51)98-52-36(84)44(27(75)20(9-64)91-52)99-49-24(58-13(2)68)29(77)42(21(10-65)92-49)97-50-34(82)30(78)26(74)19(8-63)90-50/h14-54,59-66,69-85,88H,3-11H2,1-2H3,(H,57,67)(H,58,68)(H,86,87)/t14-,15+,16+,17-,18-,19-,20-,21-,22-,23-,24-,25-,26+,27+,28-,29-,30+,31+,32+,33-,34-,35-,36-,37+,38-,39-,40-,41-,42-,43-,44+,45-,46+,47-,48-,49+,50+,51+,52+,53+,54-,56?/m1/s1. The molecule has 1 unspecified atom stereocenters. The van der Waals surface area contributed by atoms with E-state index in [0.29, 0.717) is 0 Å². The molecule has 0 aromatic carbocycles. The predicted molar refractivity (Wildman–Crippen MR) is 311 cm³/mol. The lowest BCUT2D eigenvalue weighted by Gasteiger charge is -2.52. The number of aliphatic hydroxyl groups excluding tert-OH is 25. The number of hydrogen-bond acceptors (Lipinski definition) is 44. The second-order valence-electron chi connectivity index (χ2n) is 25.8. The quantitative estimate of drug-likeness (QED) is 0.0346. The van der Waals surface area contributed by atoms with Crippen LogP contribution in [0, 0.1) is 0 Å². The number of carboxylic acids is 1. The van der Waals surface area contributed by atoms with Gasteiger partial charge in [-0.2, -0.15) is 0 Å². The van der Waals surface area contributed by atoms with E-state index < -0.39 is 334 Å². The molecule has 0 aromatic rings. The number of carbonyl (C=O) groups excluding carboxylic acids is 2. The van der Waals surface area contributed by atoms with Gasteiger partial charge in [0.2, 0.25) is 11.8 Å². The Morgan fingerprint density at radius 1 is 0.359 bits per heavy atom. The topological polar surface area (TPSA) is 760 Å². The highest BCUT2D eigenvalue weighted by molar-refractivity contribution is 5.75. The molecule has 8 saturated heterocycles. The normalized spacial score (nSPS) is 48.7. The van der Waals surface area contributed by atoms with Gasteiger partial charge in [-0.05, 0) is 0 Å². The van der Waals surface area contributed by atoms with Crippen LogP contribution in [0.3, 0.4) is 0 Å². The number of nitrogens with one attached hydrogen (secondary N) is 2. The van der Waals surface area contributed by atoms with Gasteiger partial charge in [0.1, 0.15) is 201 Å². The average molecular weight is 1520 g/mol. The Morgan fingerprint density at radius 3 is 1.23 bits per heavy atom. The molecule has 47 nitrogen and oxygen atoms in total. The molecule has 42 atom stereocenters. The van der Waals surface area contributed by atoms with Crippen molar-refractivity contribution in [3.8, 4) is 0 Å². The van der Waals surface area contributed by atoms with Crippen LogP contribution in [0.1, 0.15) is 20.3 Å². The summed E-state index contributed by atoms with van der Waals surface area (Å²) in [6, 6.07) is -3.72. The molecular weight excluding hydrogens is 1420 g/mol. The van der Waals surface area contributed by atoms with Crippen LogP contribution >= 0.6 is 0 Å².